The highest BCUT2D eigenvalue weighted by atomic mass is 35.5. The van der Waals surface area contributed by atoms with E-state index in [9.17, 15) is 4.79 Å². The molecule has 6 heteroatoms. The molecule has 0 fully saturated rings. The predicted octanol–water partition coefficient (Wildman–Crippen LogP) is 4.55. The van der Waals surface area contributed by atoms with Crippen LogP contribution in [0.25, 0.3) is 11.1 Å². The Bertz CT molecular complexity index is 690. The first-order valence-corrected chi connectivity index (χ1v) is 9.16. The highest BCUT2D eigenvalue weighted by molar-refractivity contribution is 5.91. The zero-order valence-electron chi connectivity index (χ0n) is 17.4. The van der Waals surface area contributed by atoms with Crippen LogP contribution in [0.4, 0.5) is 0 Å². The lowest BCUT2D eigenvalue weighted by Crippen LogP contribution is -2.19. The Labute approximate surface area is 175 Å². The number of likely N-dealkylation sites (N-methyl/N-ethyl adjacent to an activating group) is 1. The quantitative estimate of drug-likeness (QED) is 0.599. The number of carbonyl (C=O) groups is 1. The van der Waals surface area contributed by atoms with Gasteiger partial charge >= 0.3 is 5.97 Å². The smallest absolute Gasteiger partial charge is 0.337 e. The summed E-state index contributed by atoms with van der Waals surface area (Å²) in [7, 11) is 5.40. The van der Waals surface area contributed by atoms with Crippen LogP contribution in [0.3, 0.4) is 0 Å². The summed E-state index contributed by atoms with van der Waals surface area (Å²) >= 11 is 0. The van der Waals surface area contributed by atoms with Crippen molar-refractivity contribution < 1.29 is 19.0 Å². The van der Waals surface area contributed by atoms with E-state index in [1.165, 1.54) is 7.11 Å². The molecule has 0 aromatic heterocycles. The number of halogens is 1. The molecule has 0 aliphatic rings. The summed E-state index contributed by atoms with van der Waals surface area (Å²) in [4.78, 5) is 13.7. The lowest BCUT2D eigenvalue weighted by Gasteiger charge is -2.14. The molecule has 0 radical (unpaired) electrons. The molecule has 5 nitrogen and oxygen atoms in total. The summed E-state index contributed by atoms with van der Waals surface area (Å²) in [6.45, 7) is 7.12. The zero-order chi connectivity index (χ0) is 20.1. The van der Waals surface area contributed by atoms with Crippen molar-refractivity contribution in [3.8, 4) is 16.9 Å². The second kappa shape index (κ2) is 14.9. The molecule has 0 aliphatic heterocycles. The van der Waals surface area contributed by atoms with Crippen molar-refractivity contribution in [2.45, 2.75) is 13.8 Å². The van der Waals surface area contributed by atoms with E-state index in [1.807, 2.05) is 70.4 Å². The van der Waals surface area contributed by atoms with Crippen LogP contribution < -0.4 is 4.74 Å². The van der Waals surface area contributed by atoms with Gasteiger partial charge in [-0.05, 0) is 51.7 Å². The van der Waals surface area contributed by atoms with E-state index in [1.54, 1.807) is 6.07 Å². The predicted molar refractivity (Wildman–Crippen MR) is 117 cm³/mol. The Morgan fingerprint density at radius 3 is 2.25 bits per heavy atom. The normalized spacial score (nSPS) is 9.79. The molecule has 0 heterocycles. The molecule has 0 bridgehead atoms. The number of para-hydroxylation sites is 1. The standard InChI is InChI=1S/C18H21NO3.C4H10O.ClH/c1-19(2)11-12-22-17-10-5-4-9-16(17)14-7-6-8-15(13-14)18(20)21-3;1-3-5-4-2;/h4-10,13H,11-12H2,1-3H3;3-4H2,1-2H3;1H. The Morgan fingerprint density at radius 1 is 1.00 bits per heavy atom. The van der Waals surface area contributed by atoms with Crippen molar-refractivity contribution in [3.05, 3.63) is 54.1 Å². The van der Waals surface area contributed by atoms with Crippen molar-refractivity contribution in [2.24, 2.45) is 0 Å². The van der Waals surface area contributed by atoms with E-state index in [0.29, 0.717) is 12.2 Å². The number of benzene rings is 2. The maximum absolute atomic E-state index is 11.7. The molecule has 2 rings (SSSR count). The number of hydrogen-bond donors (Lipinski definition) is 0. The van der Waals surface area contributed by atoms with Crippen LogP contribution in [-0.2, 0) is 9.47 Å². The summed E-state index contributed by atoms with van der Waals surface area (Å²) in [5.74, 6) is 0.472. The topological polar surface area (TPSA) is 48.0 Å². The third kappa shape index (κ3) is 9.22. The van der Waals surface area contributed by atoms with E-state index >= 15 is 0 Å². The summed E-state index contributed by atoms with van der Waals surface area (Å²) < 4.78 is 15.5. The Hall–Kier alpha value is -2.08. The number of nitrogens with zero attached hydrogens (tertiary/aromatic N) is 1. The maximum Gasteiger partial charge on any atom is 0.337 e. The van der Waals surface area contributed by atoms with Gasteiger partial charge in [-0.3, -0.25) is 0 Å². The lowest BCUT2D eigenvalue weighted by molar-refractivity contribution is 0.0600. The van der Waals surface area contributed by atoms with E-state index in [0.717, 1.165) is 36.6 Å². The molecular formula is C22H32ClNO4. The van der Waals surface area contributed by atoms with Crippen LogP contribution in [0.2, 0.25) is 0 Å². The van der Waals surface area contributed by atoms with Crippen LogP contribution >= 0.6 is 12.4 Å². The fourth-order valence-electron chi connectivity index (χ4n) is 2.30. The van der Waals surface area contributed by atoms with E-state index < -0.39 is 0 Å². The van der Waals surface area contributed by atoms with Crippen molar-refractivity contribution in [2.75, 3.05) is 47.6 Å². The van der Waals surface area contributed by atoms with Crippen molar-refractivity contribution in [1.82, 2.24) is 4.90 Å². The second-order valence-electron chi connectivity index (χ2n) is 6.00. The van der Waals surface area contributed by atoms with Gasteiger partial charge in [0.05, 0.1) is 12.7 Å². The largest absolute Gasteiger partial charge is 0.492 e. The number of rotatable bonds is 8. The molecular weight excluding hydrogens is 378 g/mol. The van der Waals surface area contributed by atoms with Gasteiger partial charge in [0.2, 0.25) is 0 Å². The molecule has 2 aromatic carbocycles. The zero-order valence-corrected chi connectivity index (χ0v) is 18.3. The fraction of sp³-hybridized carbons (Fsp3) is 0.409. The molecule has 0 spiro atoms. The Kier molecular flexibility index (Phi) is 13.8. The number of esters is 1. The van der Waals surface area contributed by atoms with Crippen LogP contribution in [0, 0.1) is 0 Å². The Morgan fingerprint density at radius 2 is 1.68 bits per heavy atom. The molecule has 0 atom stereocenters. The second-order valence-corrected chi connectivity index (χ2v) is 6.00. The monoisotopic (exact) mass is 409 g/mol. The SMILES string of the molecule is CCOCC.COC(=O)c1cccc(-c2ccccc2OCCN(C)C)c1.Cl. The van der Waals surface area contributed by atoms with Crippen molar-refractivity contribution in [3.63, 3.8) is 0 Å². The first-order valence-electron chi connectivity index (χ1n) is 9.16. The van der Waals surface area contributed by atoms with Gasteiger partial charge in [0.1, 0.15) is 12.4 Å². The van der Waals surface area contributed by atoms with Gasteiger partial charge in [0.25, 0.3) is 0 Å². The first kappa shape index (κ1) is 25.9. The third-order valence-corrected chi connectivity index (χ3v) is 3.69. The Balaban J connectivity index is 0.00000108. The van der Waals surface area contributed by atoms with Crippen LogP contribution in [0.15, 0.2) is 48.5 Å². The molecule has 0 unspecified atom stereocenters. The van der Waals surface area contributed by atoms with Gasteiger partial charge in [0, 0.05) is 25.3 Å². The number of methoxy groups -OCH3 is 1. The lowest BCUT2D eigenvalue weighted by atomic mass is 10.0. The van der Waals surface area contributed by atoms with E-state index in [4.69, 9.17) is 14.2 Å². The highest BCUT2D eigenvalue weighted by Crippen LogP contribution is 2.30. The molecule has 0 saturated heterocycles. The van der Waals surface area contributed by atoms with Gasteiger partial charge in [-0.2, -0.15) is 0 Å². The number of carbonyl (C=O) groups excluding carboxylic acids is 1. The van der Waals surface area contributed by atoms with Gasteiger partial charge in [-0.1, -0.05) is 30.3 Å². The summed E-state index contributed by atoms with van der Waals surface area (Å²) in [5.41, 5.74) is 2.43. The average Bonchev–Trinajstić information content (AvgIpc) is 2.68. The first-order chi connectivity index (χ1) is 13.0. The fourth-order valence-corrected chi connectivity index (χ4v) is 2.30. The van der Waals surface area contributed by atoms with Crippen LogP contribution in [0.5, 0.6) is 5.75 Å². The van der Waals surface area contributed by atoms with E-state index in [-0.39, 0.29) is 18.4 Å². The molecule has 0 amide bonds. The third-order valence-electron chi connectivity index (χ3n) is 3.69. The number of ether oxygens (including phenoxy) is 3. The molecule has 0 aliphatic carbocycles. The van der Waals surface area contributed by atoms with Crippen molar-refractivity contribution >= 4 is 18.4 Å². The molecule has 2 aromatic rings. The van der Waals surface area contributed by atoms with Crippen molar-refractivity contribution in [1.29, 1.82) is 0 Å². The molecule has 156 valence electrons. The van der Waals surface area contributed by atoms with Gasteiger partial charge in [-0.15, -0.1) is 12.4 Å². The molecule has 28 heavy (non-hydrogen) atoms. The van der Waals surface area contributed by atoms with E-state index in [2.05, 4.69) is 4.90 Å². The molecule has 0 N–H and O–H groups in total. The minimum absolute atomic E-state index is 0. The minimum atomic E-state index is -0.340. The van der Waals surface area contributed by atoms with Gasteiger partial charge in [0.15, 0.2) is 0 Å². The number of hydrogen-bond acceptors (Lipinski definition) is 5. The summed E-state index contributed by atoms with van der Waals surface area (Å²) in [5, 5.41) is 0. The van der Waals surface area contributed by atoms with Gasteiger partial charge in [-0.25, -0.2) is 4.79 Å². The maximum atomic E-state index is 11.7. The minimum Gasteiger partial charge on any atom is -0.492 e. The average molecular weight is 410 g/mol. The molecule has 0 saturated carbocycles. The summed E-state index contributed by atoms with van der Waals surface area (Å²) in [6, 6.07) is 15.2. The summed E-state index contributed by atoms with van der Waals surface area (Å²) in [6.07, 6.45) is 0. The van der Waals surface area contributed by atoms with Gasteiger partial charge < -0.3 is 19.1 Å². The van der Waals surface area contributed by atoms with Crippen LogP contribution in [0.1, 0.15) is 24.2 Å². The van der Waals surface area contributed by atoms with Crippen LogP contribution in [-0.4, -0.2) is 58.4 Å². The highest BCUT2D eigenvalue weighted by Gasteiger charge is 2.10.